The maximum absolute atomic E-state index is 16.1. The van der Waals surface area contributed by atoms with Crippen molar-refractivity contribution >= 4 is 33.8 Å². The molecule has 1 heterocycles. The van der Waals surface area contributed by atoms with E-state index in [-0.39, 0.29) is 51.1 Å². The van der Waals surface area contributed by atoms with Crippen LogP contribution in [-0.2, 0) is 28.3 Å². The van der Waals surface area contributed by atoms with Crippen molar-refractivity contribution in [1.29, 1.82) is 0 Å². The van der Waals surface area contributed by atoms with E-state index in [1.807, 2.05) is 0 Å². The summed E-state index contributed by atoms with van der Waals surface area (Å²) in [5, 5.41) is 1.41. The monoisotopic (exact) mass is 625 g/mol. The fourth-order valence-electron chi connectivity index (χ4n) is 4.39. The Labute approximate surface area is 245 Å². The second kappa shape index (κ2) is 12.2. The standard InChI is InChI=1S/C28H25ClF5N5O2S/c1-15-37-26(28(32,33)34)13-38(15)27-22(31)9-17(18-8-21(30)20(14-41-2)25(11-18)42(3)40)10-23(27)39(36)24(12-35)16-4-6-19(29)7-5-16/h4-13H,14,35-36H2,1-3H3/b24-12-. The van der Waals surface area contributed by atoms with Gasteiger partial charge in [-0.2, -0.15) is 13.2 Å². The van der Waals surface area contributed by atoms with Crippen LogP contribution in [0.2, 0.25) is 5.02 Å². The number of halogens is 6. The van der Waals surface area contributed by atoms with Crippen molar-refractivity contribution < 1.29 is 30.9 Å². The van der Waals surface area contributed by atoms with Gasteiger partial charge < -0.3 is 10.5 Å². The van der Waals surface area contributed by atoms with Gasteiger partial charge in [0.1, 0.15) is 23.1 Å². The zero-order valence-electron chi connectivity index (χ0n) is 22.5. The van der Waals surface area contributed by atoms with Crippen molar-refractivity contribution in [2.75, 3.05) is 18.4 Å². The van der Waals surface area contributed by atoms with E-state index < -0.39 is 34.3 Å². The van der Waals surface area contributed by atoms with Crippen LogP contribution in [-0.4, -0.2) is 27.1 Å². The topological polar surface area (TPSA) is 99.4 Å². The molecule has 42 heavy (non-hydrogen) atoms. The van der Waals surface area contributed by atoms with Crippen molar-refractivity contribution in [3.63, 3.8) is 0 Å². The molecule has 0 aliphatic carbocycles. The van der Waals surface area contributed by atoms with E-state index in [4.69, 9.17) is 27.9 Å². The van der Waals surface area contributed by atoms with Crippen LogP contribution in [0.3, 0.4) is 0 Å². The van der Waals surface area contributed by atoms with Crippen molar-refractivity contribution in [3.05, 3.63) is 100 Å². The van der Waals surface area contributed by atoms with Crippen LogP contribution in [0, 0.1) is 18.6 Å². The maximum atomic E-state index is 16.1. The van der Waals surface area contributed by atoms with Gasteiger partial charge >= 0.3 is 6.18 Å². The second-order valence-electron chi connectivity index (χ2n) is 9.12. The number of aryl methyl sites for hydroxylation is 1. The van der Waals surface area contributed by atoms with Gasteiger partial charge in [0.05, 0.1) is 28.8 Å². The molecule has 0 bridgehead atoms. The number of hydrazine groups is 1. The summed E-state index contributed by atoms with van der Waals surface area (Å²) >= 11 is 6.00. The predicted molar refractivity (Wildman–Crippen MR) is 152 cm³/mol. The number of hydrogen-bond donors (Lipinski definition) is 2. The number of methoxy groups -OCH3 is 1. The smallest absolute Gasteiger partial charge is 0.403 e. The molecule has 0 fully saturated rings. The minimum Gasteiger partial charge on any atom is -0.403 e. The fraction of sp³-hybridized carbons (Fsp3) is 0.179. The summed E-state index contributed by atoms with van der Waals surface area (Å²) in [6.07, 6.45) is -1.65. The lowest BCUT2D eigenvalue weighted by atomic mass is 10.0. The molecule has 4 N–H and O–H groups in total. The van der Waals surface area contributed by atoms with E-state index >= 15 is 8.78 Å². The first kappa shape index (κ1) is 31.2. The van der Waals surface area contributed by atoms with E-state index in [1.165, 1.54) is 32.4 Å². The molecule has 7 nitrogen and oxygen atoms in total. The van der Waals surface area contributed by atoms with Crippen LogP contribution < -0.4 is 16.6 Å². The van der Waals surface area contributed by atoms with Crippen LogP contribution in [0.15, 0.2) is 65.8 Å². The molecular formula is C28H25ClF5N5O2S. The average Bonchev–Trinajstić information content (AvgIpc) is 3.32. The molecule has 4 aromatic rings. The Balaban J connectivity index is 2.00. The molecule has 222 valence electrons. The molecule has 0 aliphatic rings. The third-order valence-electron chi connectivity index (χ3n) is 6.36. The molecule has 0 saturated carbocycles. The average molecular weight is 626 g/mol. The molecule has 0 radical (unpaired) electrons. The first-order valence-electron chi connectivity index (χ1n) is 12.1. The SMILES string of the molecule is COCc1c(F)cc(-c2cc(F)c(-n3cc(C(F)(F)F)nc3C)c(N(N)/C(=C\N)c3ccc(Cl)cc3)c2)cc1S(C)=O. The van der Waals surface area contributed by atoms with Gasteiger partial charge in [-0.05, 0) is 54.4 Å². The fourth-order valence-corrected chi connectivity index (χ4v) is 5.32. The number of nitrogens with two attached hydrogens (primary N) is 2. The van der Waals surface area contributed by atoms with E-state index in [9.17, 15) is 17.4 Å². The number of hydrogen-bond acceptors (Lipinski definition) is 6. The number of ether oxygens (including phenoxy) is 1. The molecule has 4 rings (SSSR count). The molecule has 1 aromatic heterocycles. The van der Waals surface area contributed by atoms with E-state index in [2.05, 4.69) is 4.98 Å². The molecule has 1 atom stereocenters. The van der Waals surface area contributed by atoms with Crippen LogP contribution in [0.1, 0.15) is 22.6 Å². The highest BCUT2D eigenvalue weighted by molar-refractivity contribution is 7.84. The van der Waals surface area contributed by atoms with Crippen LogP contribution in [0.5, 0.6) is 0 Å². The quantitative estimate of drug-likeness (QED) is 0.135. The molecule has 14 heteroatoms. The summed E-state index contributed by atoms with van der Waals surface area (Å²) < 4.78 is 90.1. The Morgan fingerprint density at radius 3 is 2.29 bits per heavy atom. The Bertz CT molecular complexity index is 1690. The molecule has 0 spiro atoms. The highest BCUT2D eigenvalue weighted by atomic mass is 35.5. The third kappa shape index (κ3) is 6.19. The molecule has 0 aliphatic heterocycles. The summed E-state index contributed by atoms with van der Waals surface area (Å²) in [7, 11) is -0.280. The summed E-state index contributed by atoms with van der Waals surface area (Å²) in [5.74, 6) is 4.57. The summed E-state index contributed by atoms with van der Waals surface area (Å²) in [6, 6.07) is 11.2. The van der Waals surface area contributed by atoms with Gasteiger partial charge in [-0.25, -0.2) is 19.6 Å². The Hall–Kier alpha value is -3.78. The molecule has 3 aromatic carbocycles. The summed E-state index contributed by atoms with van der Waals surface area (Å²) in [6.45, 7) is 1.13. The molecular weight excluding hydrogens is 601 g/mol. The lowest BCUT2D eigenvalue weighted by molar-refractivity contribution is -0.141. The van der Waals surface area contributed by atoms with Crippen molar-refractivity contribution in [1.82, 2.24) is 9.55 Å². The normalized spacial score (nSPS) is 13.0. The number of nitrogens with zero attached hydrogens (tertiary/aromatic N) is 3. The van der Waals surface area contributed by atoms with Gasteiger partial charge in [0.2, 0.25) is 0 Å². The Morgan fingerprint density at radius 2 is 1.74 bits per heavy atom. The van der Waals surface area contributed by atoms with Gasteiger partial charge in [0.15, 0.2) is 5.69 Å². The van der Waals surface area contributed by atoms with Crippen molar-refractivity contribution in [2.45, 2.75) is 24.6 Å². The van der Waals surface area contributed by atoms with Crippen LogP contribution >= 0.6 is 11.6 Å². The van der Waals surface area contributed by atoms with Crippen LogP contribution in [0.4, 0.5) is 27.6 Å². The zero-order chi connectivity index (χ0) is 30.9. The molecule has 0 saturated heterocycles. The second-order valence-corrected chi connectivity index (χ2v) is 10.9. The molecule has 0 amide bonds. The Kier molecular flexibility index (Phi) is 9.06. The number of benzene rings is 3. The predicted octanol–water partition coefficient (Wildman–Crippen LogP) is 6.32. The lowest BCUT2D eigenvalue weighted by Gasteiger charge is -2.26. The number of alkyl halides is 3. The summed E-state index contributed by atoms with van der Waals surface area (Å²) in [5.41, 5.74) is 5.06. The number of rotatable bonds is 8. The number of aromatic nitrogens is 2. The minimum absolute atomic E-state index is 0.0738. The van der Waals surface area contributed by atoms with Crippen molar-refractivity contribution in [3.8, 4) is 16.8 Å². The Morgan fingerprint density at radius 1 is 1.12 bits per heavy atom. The zero-order valence-corrected chi connectivity index (χ0v) is 24.0. The van der Waals surface area contributed by atoms with Gasteiger partial charge in [-0.15, -0.1) is 0 Å². The van der Waals surface area contributed by atoms with Gasteiger partial charge in [0, 0.05) is 46.8 Å². The van der Waals surface area contributed by atoms with E-state index in [0.717, 1.165) is 27.9 Å². The molecule has 1 unspecified atom stereocenters. The number of anilines is 1. The first-order chi connectivity index (χ1) is 19.8. The van der Waals surface area contributed by atoms with Gasteiger partial charge in [-0.3, -0.25) is 13.8 Å². The first-order valence-corrected chi connectivity index (χ1v) is 14.0. The largest absolute Gasteiger partial charge is 0.434 e. The van der Waals surface area contributed by atoms with Crippen molar-refractivity contribution in [2.24, 2.45) is 11.6 Å². The number of imidazole rings is 1. The third-order valence-corrected chi connectivity index (χ3v) is 7.60. The van der Waals surface area contributed by atoms with Crippen LogP contribution in [0.25, 0.3) is 22.5 Å². The summed E-state index contributed by atoms with van der Waals surface area (Å²) in [4.78, 5) is 3.68. The minimum atomic E-state index is -4.80. The highest BCUT2D eigenvalue weighted by Gasteiger charge is 2.35. The van der Waals surface area contributed by atoms with E-state index in [1.54, 1.807) is 24.3 Å². The van der Waals surface area contributed by atoms with E-state index in [0.29, 0.717) is 16.8 Å². The highest BCUT2D eigenvalue weighted by Crippen LogP contribution is 2.38. The maximum Gasteiger partial charge on any atom is 0.434 e. The lowest BCUT2D eigenvalue weighted by Crippen LogP contribution is -2.31. The van der Waals surface area contributed by atoms with Gasteiger partial charge in [-0.1, -0.05) is 23.7 Å². The van der Waals surface area contributed by atoms with Gasteiger partial charge in [0.25, 0.3) is 0 Å².